The third-order valence-corrected chi connectivity index (χ3v) is 4.62. The number of rotatable bonds is 1. The first-order valence-electron chi connectivity index (χ1n) is 6.52. The molecule has 1 atom stereocenters. The molecule has 7 heteroatoms. The highest BCUT2D eigenvalue weighted by Gasteiger charge is 2.37. The van der Waals surface area contributed by atoms with Gasteiger partial charge in [0.05, 0.1) is 6.04 Å². The highest BCUT2D eigenvalue weighted by atomic mass is 79.9. The Balaban J connectivity index is 1.77. The Hall–Kier alpha value is -1.63. The lowest BCUT2D eigenvalue weighted by Gasteiger charge is -2.43. The molecule has 3 rings (SSSR count). The van der Waals surface area contributed by atoms with Gasteiger partial charge >= 0.3 is 11.8 Å². The molecule has 2 aliphatic rings. The van der Waals surface area contributed by atoms with Gasteiger partial charge in [0, 0.05) is 36.8 Å². The van der Waals surface area contributed by atoms with Crippen molar-refractivity contribution in [3.05, 3.63) is 22.3 Å². The van der Waals surface area contributed by atoms with E-state index in [1.807, 2.05) is 13.0 Å². The van der Waals surface area contributed by atoms with Gasteiger partial charge in [-0.1, -0.05) is 0 Å². The van der Waals surface area contributed by atoms with Gasteiger partial charge in [0.25, 0.3) is 0 Å². The first kappa shape index (κ1) is 13.4. The topological polar surface area (TPSA) is 65.5 Å². The van der Waals surface area contributed by atoms with Crippen LogP contribution in [0.5, 0.6) is 0 Å². The molecule has 20 heavy (non-hydrogen) atoms. The summed E-state index contributed by atoms with van der Waals surface area (Å²) in [6.07, 6.45) is 1.80. The summed E-state index contributed by atoms with van der Waals surface area (Å²) >= 11 is 3.44. The average molecular weight is 339 g/mol. The molecule has 0 aliphatic carbocycles. The molecule has 1 aromatic heterocycles. The van der Waals surface area contributed by atoms with Crippen LogP contribution in [0.2, 0.25) is 0 Å². The Kier molecular flexibility index (Phi) is 3.37. The first-order valence-corrected chi connectivity index (χ1v) is 7.31. The molecule has 6 nitrogen and oxygen atoms in total. The van der Waals surface area contributed by atoms with E-state index in [0.717, 1.165) is 15.9 Å². The second kappa shape index (κ2) is 5.05. The van der Waals surface area contributed by atoms with Crippen molar-refractivity contribution in [1.82, 2.24) is 15.2 Å². The summed E-state index contributed by atoms with van der Waals surface area (Å²) in [5.74, 6) is 0.00264. The molecule has 0 radical (unpaired) electrons. The lowest BCUT2D eigenvalue weighted by atomic mass is 10.1. The normalized spacial score (nSPS) is 22.6. The summed E-state index contributed by atoms with van der Waals surface area (Å²) in [6, 6.07) is 2.06. The zero-order valence-electron chi connectivity index (χ0n) is 11.1. The van der Waals surface area contributed by atoms with Crippen molar-refractivity contribution in [2.75, 3.05) is 31.1 Å². The molecule has 106 valence electrons. The van der Waals surface area contributed by atoms with Crippen molar-refractivity contribution in [3.8, 4) is 0 Å². The molecule has 1 unspecified atom stereocenters. The fourth-order valence-electron chi connectivity index (χ4n) is 2.62. The van der Waals surface area contributed by atoms with E-state index in [1.54, 1.807) is 11.1 Å². The molecule has 0 bridgehead atoms. The Bertz CT molecular complexity index is 577. The lowest BCUT2D eigenvalue weighted by molar-refractivity contribution is -0.150. The molecule has 0 saturated carbocycles. The van der Waals surface area contributed by atoms with Crippen molar-refractivity contribution in [2.45, 2.75) is 13.0 Å². The fourth-order valence-corrected chi connectivity index (χ4v) is 2.84. The molecule has 0 spiro atoms. The van der Waals surface area contributed by atoms with Crippen molar-refractivity contribution in [2.24, 2.45) is 0 Å². The molecule has 2 saturated heterocycles. The number of carbonyl (C=O) groups is 2. The monoisotopic (exact) mass is 338 g/mol. The van der Waals surface area contributed by atoms with Crippen LogP contribution in [0.25, 0.3) is 0 Å². The predicted octanol–water partition coefficient (Wildman–Crippen LogP) is 0.300. The number of hydrogen-bond donors (Lipinski definition) is 1. The molecule has 2 aliphatic heterocycles. The van der Waals surface area contributed by atoms with Crippen LogP contribution >= 0.6 is 15.9 Å². The molecule has 0 aromatic carbocycles. The summed E-state index contributed by atoms with van der Waals surface area (Å²) < 4.78 is 0.986. The number of nitrogens with zero attached hydrogens (tertiary/aromatic N) is 3. The number of piperazine rings is 2. The minimum absolute atomic E-state index is 0.0275. The van der Waals surface area contributed by atoms with E-state index in [0.29, 0.717) is 26.2 Å². The van der Waals surface area contributed by atoms with Crippen LogP contribution in [0.15, 0.2) is 16.7 Å². The zero-order valence-corrected chi connectivity index (χ0v) is 12.7. The third kappa shape index (κ3) is 2.26. The van der Waals surface area contributed by atoms with Gasteiger partial charge in [0.2, 0.25) is 0 Å². The number of hydrogen-bond acceptors (Lipinski definition) is 4. The number of halogens is 1. The highest BCUT2D eigenvalue weighted by molar-refractivity contribution is 9.10. The van der Waals surface area contributed by atoms with E-state index >= 15 is 0 Å². The maximum atomic E-state index is 11.8. The quantitative estimate of drug-likeness (QED) is 0.748. The van der Waals surface area contributed by atoms with Crippen molar-refractivity contribution in [1.29, 1.82) is 0 Å². The Morgan fingerprint density at radius 3 is 2.95 bits per heavy atom. The van der Waals surface area contributed by atoms with Crippen LogP contribution in [0.4, 0.5) is 5.82 Å². The van der Waals surface area contributed by atoms with E-state index in [4.69, 9.17) is 0 Å². The van der Waals surface area contributed by atoms with Gasteiger partial charge in [-0.25, -0.2) is 4.98 Å². The smallest absolute Gasteiger partial charge is 0.312 e. The summed E-state index contributed by atoms with van der Waals surface area (Å²) in [4.78, 5) is 31.4. The second-order valence-electron chi connectivity index (χ2n) is 5.10. The van der Waals surface area contributed by atoms with Crippen LogP contribution in [0.1, 0.15) is 5.56 Å². The Morgan fingerprint density at radius 1 is 1.40 bits per heavy atom. The van der Waals surface area contributed by atoms with Crippen molar-refractivity contribution >= 4 is 33.6 Å². The second-order valence-corrected chi connectivity index (χ2v) is 5.95. The Labute approximate surface area is 125 Å². The summed E-state index contributed by atoms with van der Waals surface area (Å²) in [5.41, 5.74) is 1.13. The van der Waals surface area contributed by atoms with Crippen molar-refractivity contribution in [3.63, 3.8) is 0 Å². The first-order chi connectivity index (χ1) is 9.56. The number of carbonyl (C=O) groups excluding carboxylic acids is 2. The van der Waals surface area contributed by atoms with Crippen LogP contribution in [0.3, 0.4) is 0 Å². The van der Waals surface area contributed by atoms with E-state index < -0.39 is 11.8 Å². The molecular formula is C13H15BrN4O2. The largest absolute Gasteiger partial charge is 0.353 e. The summed E-state index contributed by atoms with van der Waals surface area (Å²) in [7, 11) is 0. The minimum Gasteiger partial charge on any atom is -0.353 e. The summed E-state index contributed by atoms with van der Waals surface area (Å²) in [6.45, 7) is 4.49. The summed E-state index contributed by atoms with van der Waals surface area (Å²) in [5, 5.41) is 2.64. The van der Waals surface area contributed by atoms with Gasteiger partial charge in [-0.15, -0.1) is 0 Å². The minimum atomic E-state index is -0.493. The number of pyridine rings is 1. The third-order valence-electron chi connectivity index (χ3n) is 3.79. The van der Waals surface area contributed by atoms with E-state index in [1.165, 1.54) is 0 Å². The number of anilines is 1. The number of nitrogens with one attached hydrogen (secondary N) is 1. The number of fused-ring (bicyclic) bond motifs is 1. The van der Waals surface area contributed by atoms with Crippen LogP contribution in [0, 0.1) is 6.92 Å². The average Bonchev–Trinajstić information content (AvgIpc) is 2.45. The van der Waals surface area contributed by atoms with Crippen LogP contribution in [-0.2, 0) is 9.59 Å². The Morgan fingerprint density at radius 2 is 2.20 bits per heavy atom. The maximum absolute atomic E-state index is 11.8. The highest BCUT2D eigenvalue weighted by Crippen LogP contribution is 2.23. The fraction of sp³-hybridized carbons (Fsp3) is 0.462. The van der Waals surface area contributed by atoms with Crippen LogP contribution in [-0.4, -0.2) is 53.9 Å². The van der Waals surface area contributed by atoms with Gasteiger partial charge < -0.3 is 15.1 Å². The van der Waals surface area contributed by atoms with Gasteiger partial charge in [0.1, 0.15) is 5.82 Å². The number of amides is 2. The van der Waals surface area contributed by atoms with E-state index in [2.05, 4.69) is 31.1 Å². The van der Waals surface area contributed by atoms with E-state index in [9.17, 15) is 9.59 Å². The molecule has 2 fully saturated rings. The number of aromatic nitrogens is 1. The van der Waals surface area contributed by atoms with Gasteiger partial charge in [-0.3, -0.25) is 9.59 Å². The van der Waals surface area contributed by atoms with Crippen LogP contribution < -0.4 is 10.2 Å². The predicted molar refractivity (Wildman–Crippen MR) is 77.4 cm³/mol. The van der Waals surface area contributed by atoms with E-state index in [-0.39, 0.29) is 6.04 Å². The van der Waals surface area contributed by atoms with Gasteiger partial charge in [0.15, 0.2) is 0 Å². The van der Waals surface area contributed by atoms with Gasteiger partial charge in [-0.2, -0.15) is 0 Å². The van der Waals surface area contributed by atoms with Crippen molar-refractivity contribution < 1.29 is 9.59 Å². The SMILES string of the molecule is Cc1cc(N2CCN3C(=O)C(=O)NCC3C2)ncc1Br. The molecule has 2 amide bonds. The zero-order chi connectivity index (χ0) is 14.3. The maximum Gasteiger partial charge on any atom is 0.312 e. The molecule has 1 N–H and O–H groups in total. The standard InChI is InChI=1S/C13H15BrN4O2/c1-8-4-11(15-6-10(8)14)17-2-3-18-9(7-17)5-16-12(19)13(18)20/h4,6,9H,2-3,5,7H2,1H3,(H,16,19). The molecular weight excluding hydrogens is 324 g/mol. The number of aryl methyl sites for hydroxylation is 1. The molecule has 1 aromatic rings. The molecule has 3 heterocycles. The lowest BCUT2D eigenvalue weighted by Crippen LogP contribution is -2.65. The van der Waals surface area contributed by atoms with Gasteiger partial charge in [-0.05, 0) is 34.5 Å².